The van der Waals surface area contributed by atoms with E-state index in [1.807, 2.05) is 24.3 Å². The van der Waals surface area contributed by atoms with Crippen LogP contribution < -0.4 is 10.1 Å². The van der Waals surface area contributed by atoms with Gasteiger partial charge in [-0.3, -0.25) is 10.1 Å². The Bertz CT molecular complexity index is 380. The molecular weight excluding hydrogens is 242 g/mol. The van der Waals surface area contributed by atoms with Crippen molar-refractivity contribution in [3.63, 3.8) is 0 Å². The van der Waals surface area contributed by atoms with Crippen molar-refractivity contribution in [3.8, 4) is 5.75 Å². The number of rotatable bonds is 3. The fraction of sp³-hybridized carbons (Fsp3) is 0.417. The van der Waals surface area contributed by atoms with E-state index >= 15 is 0 Å². The summed E-state index contributed by atoms with van der Waals surface area (Å²) in [4.78, 5) is 10.8. The molecule has 0 aromatic heterocycles. The lowest BCUT2D eigenvalue weighted by Crippen LogP contribution is -2.31. The van der Waals surface area contributed by atoms with Gasteiger partial charge < -0.3 is 9.84 Å². The van der Waals surface area contributed by atoms with Crippen molar-refractivity contribution < 1.29 is 14.6 Å². The number of hydrogen-bond acceptors (Lipinski definition) is 3. The fourth-order valence-electron chi connectivity index (χ4n) is 2.04. The molecule has 0 amide bonds. The summed E-state index contributed by atoms with van der Waals surface area (Å²) < 4.78 is 5.08. The maximum Gasteiger partial charge on any atom is 0.320 e. The van der Waals surface area contributed by atoms with Crippen LogP contribution in [0.3, 0.4) is 0 Å². The first kappa shape index (κ1) is 13.8. The summed E-state index contributed by atoms with van der Waals surface area (Å²) in [6.07, 6.45) is 1.55. The Kier molecular flexibility index (Phi) is 4.78. The van der Waals surface area contributed by atoms with E-state index in [2.05, 4.69) is 5.32 Å². The first-order chi connectivity index (χ1) is 7.70. The molecule has 0 spiro atoms. The van der Waals surface area contributed by atoms with E-state index in [1.54, 1.807) is 7.11 Å². The molecule has 1 aliphatic heterocycles. The zero-order valence-corrected chi connectivity index (χ0v) is 10.4. The lowest BCUT2D eigenvalue weighted by atomic mass is 10.1. The van der Waals surface area contributed by atoms with Crippen LogP contribution in [0.2, 0.25) is 0 Å². The summed E-state index contributed by atoms with van der Waals surface area (Å²) in [5.74, 6) is 0.0487. The van der Waals surface area contributed by atoms with Crippen molar-refractivity contribution in [1.82, 2.24) is 5.32 Å². The van der Waals surface area contributed by atoms with Crippen LogP contribution in [0.25, 0.3) is 0 Å². The van der Waals surface area contributed by atoms with Crippen molar-refractivity contribution in [3.05, 3.63) is 29.8 Å². The number of methoxy groups -OCH3 is 1. The van der Waals surface area contributed by atoms with Crippen LogP contribution in [-0.4, -0.2) is 24.2 Å². The van der Waals surface area contributed by atoms with Gasteiger partial charge in [-0.2, -0.15) is 0 Å². The Morgan fingerprint density at radius 3 is 2.47 bits per heavy atom. The molecule has 1 saturated heterocycles. The zero-order chi connectivity index (χ0) is 11.5. The van der Waals surface area contributed by atoms with E-state index in [9.17, 15) is 4.79 Å². The van der Waals surface area contributed by atoms with Crippen molar-refractivity contribution in [2.45, 2.75) is 24.9 Å². The van der Waals surface area contributed by atoms with Crippen LogP contribution in [0.15, 0.2) is 24.3 Å². The van der Waals surface area contributed by atoms with Crippen LogP contribution in [0.1, 0.15) is 24.4 Å². The fourth-order valence-corrected chi connectivity index (χ4v) is 2.04. The first-order valence-electron chi connectivity index (χ1n) is 5.33. The van der Waals surface area contributed by atoms with Crippen LogP contribution in [0.4, 0.5) is 0 Å². The molecule has 2 N–H and O–H groups in total. The summed E-state index contributed by atoms with van der Waals surface area (Å²) >= 11 is 0. The van der Waals surface area contributed by atoms with E-state index in [1.165, 1.54) is 0 Å². The molecule has 4 nitrogen and oxygen atoms in total. The standard InChI is InChI=1S/C12H15NO3.ClH/c1-16-9-4-2-8(3-5-9)10-6-7-11(13-10)12(14)15;/h2-5,10-11,13H,6-7H2,1H3,(H,14,15);1H/t10-,11-;/m1./s1. The van der Waals surface area contributed by atoms with Crippen LogP contribution in [-0.2, 0) is 4.79 Å². The third-order valence-corrected chi connectivity index (χ3v) is 2.96. The molecule has 1 fully saturated rings. The molecule has 2 atom stereocenters. The van der Waals surface area contributed by atoms with Crippen molar-refractivity contribution >= 4 is 18.4 Å². The highest BCUT2D eigenvalue weighted by molar-refractivity contribution is 5.85. The Labute approximate surface area is 106 Å². The highest BCUT2D eigenvalue weighted by Gasteiger charge is 2.29. The van der Waals surface area contributed by atoms with Gasteiger partial charge in [0.05, 0.1) is 7.11 Å². The number of halogens is 1. The predicted molar refractivity (Wildman–Crippen MR) is 66.8 cm³/mol. The molecule has 0 bridgehead atoms. The minimum Gasteiger partial charge on any atom is -0.497 e. The van der Waals surface area contributed by atoms with E-state index in [0.29, 0.717) is 6.42 Å². The molecule has 0 saturated carbocycles. The third-order valence-electron chi connectivity index (χ3n) is 2.96. The van der Waals surface area contributed by atoms with Crippen LogP contribution >= 0.6 is 12.4 Å². The Balaban J connectivity index is 0.00000144. The molecule has 5 heteroatoms. The lowest BCUT2D eigenvalue weighted by Gasteiger charge is -2.12. The third kappa shape index (κ3) is 3.11. The molecule has 1 aromatic rings. The summed E-state index contributed by atoms with van der Waals surface area (Å²) in [7, 11) is 1.63. The van der Waals surface area contributed by atoms with Gasteiger partial charge in [0.15, 0.2) is 0 Å². The molecule has 0 aliphatic carbocycles. The van der Waals surface area contributed by atoms with Gasteiger partial charge in [0.1, 0.15) is 11.8 Å². The first-order valence-corrected chi connectivity index (χ1v) is 5.33. The number of ether oxygens (including phenoxy) is 1. The second-order valence-corrected chi connectivity index (χ2v) is 3.96. The minimum atomic E-state index is -0.768. The van der Waals surface area contributed by atoms with Gasteiger partial charge in [-0.25, -0.2) is 0 Å². The van der Waals surface area contributed by atoms with Crippen LogP contribution in [0.5, 0.6) is 5.75 Å². The molecule has 17 heavy (non-hydrogen) atoms. The maximum absolute atomic E-state index is 10.8. The van der Waals surface area contributed by atoms with Crippen LogP contribution in [0, 0.1) is 0 Å². The van der Waals surface area contributed by atoms with Gasteiger partial charge in [-0.15, -0.1) is 12.4 Å². The number of nitrogens with one attached hydrogen (secondary N) is 1. The number of hydrogen-bond donors (Lipinski definition) is 2. The number of carboxylic acids is 1. The Morgan fingerprint density at radius 1 is 1.35 bits per heavy atom. The summed E-state index contributed by atoms with van der Waals surface area (Å²) in [6, 6.07) is 7.47. The monoisotopic (exact) mass is 257 g/mol. The average molecular weight is 258 g/mol. The van der Waals surface area contributed by atoms with Gasteiger partial charge in [-0.1, -0.05) is 12.1 Å². The summed E-state index contributed by atoms with van der Waals surface area (Å²) in [5, 5.41) is 12.0. The minimum absolute atomic E-state index is 0. The quantitative estimate of drug-likeness (QED) is 0.870. The molecule has 1 heterocycles. The lowest BCUT2D eigenvalue weighted by molar-refractivity contribution is -0.139. The highest BCUT2D eigenvalue weighted by atomic mass is 35.5. The van der Waals surface area contributed by atoms with E-state index in [-0.39, 0.29) is 18.4 Å². The Morgan fingerprint density at radius 2 is 2.00 bits per heavy atom. The second-order valence-electron chi connectivity index (χ2n) is 3.96. The number of benzene rings is 1. The van der Waals surface area contributed by atoms with Gasteiger partial charge >= 0.3 is 5.97 Å². The molecule has 1 aromatic carbocycles. The van der Waals surface area contributed by atoms with Gasteiger partial charge in [-0.05, 0) is 30.5 Å². The van der Waals surface area contributed by atoms with Gasteiger partial charge in [0, 0.05) is 6.04 Å². The molecule has 0 radical (unpaired) electrons. The predicted octanol–water partition coefficient (Wildman–Crippen LogP) is 1.99. The van der Waals surface area contributed by atoms with E-state index in [0.717, 1.165) is 17.7 Å². The van der Waals surface area contributed by atoms with Crippen molar-refractivity contribution in [2.75, 3.05) is 7.11 Å². The van der Waals surface area contributed by atoms with E-state index < -0.39 is 12.0 Å². The zero-order valence-electron chi connectivity index (χ0n) is 9.55. The van der Waals surface area contributed by atoms with Gasteiger partial charge in [0.2, 0.25) is 0 Å². The van der Waals surface area contributed by atoms with E-state index in [4.69, 9.17) is 9.84 Å². The number of aliphatic carboxylic acids is 1. The summed E-state index contributed by atoms with van der Waals surface area (Å²) in [5.41, 5.74) is 1.12. The second kappa shape index (κ2) is 5.89. The number of carboxylic acid groups (broad SMARTS) is 1. The van der Waals surface area contributed by atoms with Crippen molar-refractivity contribution in [2.24, 2.45) is 0 Å². The Hall–Kier alpha value is -1.26. The maximum atomic E-state index is 10.8. The molecule has 0 unspecified atom stereocenters. The van der Waals surface area contributed by atoms with Gasteiger partial charge in [0.25, 0.3) is 0 Å². The average Bonchev–Trinajstić information content (AvgIpc) is 2.78. The SMILES string of the molecule is COc1ccc([C@H]2CC[C@H](C(=O)O)N2)cc1.Cl. The molecule has 94 valence electrons. The smallest absolute Gasteiger partial charge is 0.320 e. The number of carbonyl (C=O) groups is 1. The summed E-state index contributed by atoms with van der Waals surface area (Å²) in [6.45, 7) is 0. The highest BCUT2D eigenvalue weighted by Crippen LogP contribution is 2.27. The largest absolute Gasteiger partial charge is 0.497 e. The molecule has 2 rings (SSSR count). The molecule has 1 aliphatic rings. The topological polar surface area (TPSA) is 58.6 Å². The molecular formula is C12H16ClNO3. The normalized spacial score (nSPS) is 22.9. The van der Waals surface area contributed by atoms with Crippen molar-refractivity contribution in [1.29, 1.82) is 0 Å².